The van der Waals surface area contributed by atoms with Crippen LogP contribution in [0.15, 0.2) is 18.2 Å². The van der Waals surface area contributed by atoms with Gasteiger partial charge in [0.05, 0.1) is 19.8 Å². The van der Waals surface area contributed by atoms with Crippen LogP contribution in [0.25, 0.3) is 11.1 Å². The van der Waals surface area contributed by atoms with Crippen LogP contribution in [0.2, 0.25) is 0 Å². The molecule has 21 heavy (non-hydrogen) atoms. The molecular weight excluding hydrogens is 295 g/mol. The Morgan fingerprint density at radius 3 is 1.38 bits per heavy atom. The summed E-state index contributed by atoms with van der Waals surface area (Å²) < 4.78 is 76.8. The van der Waals surface area contributed by atoms with E-state index in [0.717, 1.165) is 12.1 Å². The second-order valence-corrected chi connectivity index (χ2v) is 4.05. The molecule has 0 aliphatic heterocycles. The van der Waals surface area contributed by atoms with Crippen molar-refractivity contribution in [3.63, 3.8) is 0 Å². The summed E-state index contributed by atoms with van der Waals surface area (Å²) in [6.45, 7) is 0. The largest absolute Gasteiger partial charge is 0.497 e. The van der Waals surface area contributed by atoms with Crippen molar-refractivity contribution < 1.29 is 31.4 Å². The van der Waals surface area contributed by atoms with Gasteiger partial charge in [-0.25, -0.2) is 22.0 Å². The topological polar surface area (TPSA) is 18.5 Å². The second kappa shape index (κ2) is 5.59. The average Bonchev–Trinajstić information content (AvgIpc) is 2.50. The molecule has 0 aliphatic carbocycles. The van der Waals surface area contributed by atoms with Crippen molar-refractivity contribution in [2.45, 2.75) is 0 Å². The molecule has 2 rings (SSSR count). The fourth-order valence-electron chi connectivity index (χ4n) is 1.81. The minimum atomic E-state index is -2.20. The van der Waals surface area contributed by atoms with E-state index in [2.05, 4.69) is 0 Å². The Labute approximate surface area is 116 Å². The van der Waals surface area contributed by atoms with Gasteiger partial charge in [0.2, 0.25) is 5.82 Å². The molecule has 0 radical (unpaired) electrons. The maximum absolute atomic E-state index is 13.8. The molecule has 7 heteroatoms. The van der Waals surface area contributed by atoms with E-state index in [-0.39, 0.29) is 17.1 Å². The van der Waals surface area contributed by atoms with Gasteiger partial charge in [-0.05, 0) is 17.7 Å². The van der Waals surface area contributed by atoms with Gasteiger partial charge >= 0.3 is 0 Å². The van der Waals surface area contributed by atoms with E-state index in [9.17, 15) is 22.0 Å². The Kier molecular flexibility index (Phi) is 4.02. The summed E-state index contributed by atoms with van der Waals surface area (Å²) in [4.78, 5) is 0. The lowest BCUT2D eigenvalue weighted by atomic mass is 10.0. The van der Waals surface area contributed by atoms with Crippen molar-refractivity contribution in [2.24, 2.45) is 0 Å². The van der Waals surface area contributed by atoms with Gasteiger partial charge in [0, 0.05) is 6.07 Å². The van der Waals surface area contributed by atoms with Crippen LogP contribution in [0.1, 0.15) is 0 Å². The Bertz CT molecular complexity index is 649. The molecule has 0 N–H and O–H groups in total. The third kappa shape index (κ3) is 2.51. The molecule has 0 aliphatic rings. The summed E-state index contributed by atoms with van der Waals surface area (Å²) in [5, 5.41) is 0. The fourth-order valence-corrected chi connectivity index (χ4v) is 1.81. The van der Waals surface area contributed by atoms with Gasteiger partial charge in [-0.2, -0.15) is 0 Å². The first-order valence-electron chi connectivity index (χ1n) is 5.65. The summed E-state index contributed by atoms with van der Waals surface area (Å²) in [5.41, 5.74) is -1.29. The molecule has 0 heterocycles. The summed E-state index contributed by atoms with van der Waals surface area (Å²) in [6.07, 6.45) is 0. The van der Waals surface area contributed by atoms with Crippen LogP contribution in [-0.2, 0) is 0 Å². The fraction of sp³-hybridized carbons (Fsp3) is 0.143. The molecule has 0 bridgehead atoms. The standard InChI is InChI=1S/C14H9F5O2/c1-20-7-3-6(4-8(5-7)21-2)9-10(15)12(17)14(19)13(18)11(9)16/h3-5H,1-2H3. The van der Waals surface area contributed by atoms with Crippen LogP contribution < -0.4 is 9.47 Å². The maximum Gasteiger partial charge on any atom is 0.200 e. The highest BCUT2D eigenvalue weighted by Crippen LogP contribution is 2.35. The molecule has 0 saturated carbocycles. The van der Waals surface area contributed by atoms with E-state index in [4.69, 9.17) is 9.47 Å². The number of rotatable bonds is 3. The van der Waals surface area contributed by atoms with Crippen LogP contribution in [0, 0.1) is 29.1 Å². The molecule has 2 aromatic rings. The highest BCUT2D eigenvalue weighted by molar-refractivity contribution is 5.69. The molecule has 0 fully saturated rings. The van der Waals surface area contributed by atoms with E-state index in [1.54, 1.807) is 0 Å². The van der Waals surface area contributed by atoms with Gasteiger partial charge in [-0.15, -0.1) is 0 Å². The van der Waals surface area contributed by atoms with Gasteiger partial charge in [-0.3, -0.25) is 0 Å². The van der Waals surface area contributed by atoms with Crippen LogP contribution in [0.3, 0.4) is 0 Å². The number of halogens is 5. The van der Waals surface area contributed by atoms with Crippen molar-refractivity contribution in [3.8, 4) is 22.6 Å². The zero-order valence-electron chi connectivity index (χ0n) is 10.9. The molecule has 0 amide bonds. The molecule has 2 aromatic carbocycles. The number of hydrogen-bond acceptors (Lipinski definition) is 2. The number of ether oxygens (including phenoxy) is 2. The van der Waals surface area contributed by atoms with E-state index in [1.807, 2.05) is 0 Å². The van der Waals surface area contributed by atoms with Crippen molar-refractivity contribution in [1.82, 2.24) is 0 Å². The van der Waals surface area contributed by atoms with Gasteiger partial charge in [-0.1, -0.05) is 0 Å². The molecule has 0 atom stereocenters. The lowest BCUT2D eigenvalue weighted by Crippen LogP contribution is -2.04. The lowest BCUT2D eigenvalue weighted by Gasteiger charge is -2.11. The monoisotopic (exact) mass is 304 g/mol. The van der Waals surface area contributed by atoms with Crippen molar-refractivity contribution in [2.75, 3.05) is 14.2 Å². The SMILES string of the molecule is COc1cc(OC)cc(-c2c(F)c(F)c(F)c(F)c2F)c1. The van der Waals surface area contributed by atoms with Crippen molar-refractivity contribution >= 4 is 0 Å². The third-order valence-corrected chi connectivity index (χ3v) is 2.85. The number of benzene rings is 2. The summed E-state index contributed by atoms with van der Waals surface area (Å²) >= 11 is 0. The van der Waals surface area contributed by atoms with Gasteiger partial charge in [0.25, 0.3) is 0 Å². The van der Waals surface area contributed by atoms with Crippen molar-refractivity contribution in [1.29, 1.82) is 0 Å². The predicted molar refractivity (Wildman–Crippen MR) is 64.8 cm³/mol. The van der Waals surface area contributed by atoms with E-state index in [1.165, 1.54) is 20.3 Å². The number of hydrogen-bond donors (Lipinski definition) is 0. The third-order valence-electron chi connectivity index (χ3n) is 2.85. The van der Waals surface area contributed by atoms with Gasteiger partial charge in [0.15, 0.2) is 23.3 Å². The van der Waals surface area contributed by atoms with Crippen molar-refractivity contribution in [3.05, 3.63) is 47.3 Å². The summed E-state index contributed by atoms with van der Waals surface area (Å²) in [7, 11) is 2.58. The first-order valence-corrected chi connectivity index (χ1v) is 5.65. The molecule has 0 spiro atoms. The van der Waals surface area contributed by atoms with Crippen LogP contribution >= 0.6 is 0 Å². The highest BCUT2D eigenvalue weighted by atomic mass is 19.2. The average molecular weight is 304 g/mol. The lowest BCUT2D eigenvalue weighted by molar-refractivity contribution is 0.380. The van der Waals surface area contributed by atoms with E-state index < -0.39 is 34.6 Å². The Morgan fingerprint density at radius 1 is 0.619 bits per heavy atom. The zero-order chi connectivity index (χ0) is 15.7. The first-order chi connectivity index (χ1) is 9.90. The Balaban J connectivity index is 2.78. The van der Waals surface area contributed by atoms with Gasteiger partial charge in [0.1, 0.15) is 11.5 Å². The minimum absolute atomic E-state index is 0.147. The van der Waals surface area contributed by atoms with Crippen LogP contribution in [0.4, 0.5) is 22.0 Å². The van der Waals surface area contributed by atoms with E-state index in [0.29, 0.717) is 0 Å². The maximum atomic E-state index is 13.8. The quantitative estimate of drug-likeness (QED) is 0.483. The van der Waals surface area contributed by atoms with E-state index >= 15 is 0 Å². The summed E-state index contributed by atoms with van der Waals surface area (Å²) in [6, 6.07) is 3.68. The molecule has 0 unspecified atom stereocenters. The Hall–Kier alpha value is -2.31. The number of methoxy groups -OCH3 is 2. The zero-order valence-corrected chi connectivity index (χ0v) is 10.9. The molecule has 0 aromatic heterocycles. The molecule has 2 nitrogen and oxygen atoms in total. The molecule has 112 valence electrons. The normalized spacial score (nSPS) is 10.6. The Morgan fingerprint density at radius 2 is 1.00 bits per heavy atom. The summed E-state index contributed by atoms with van der Waals surface area (Å²) in [5.74, 6) is -9.76. The predicted octanol–water partition coefficient (Wildman–Crippen LogP) is 4.07. The van der Waals surface area contributed by atoms with Crippen LogP contribution in [0.5, 0.6) is 11.5 Å². The molecular formula is C14H9F5O2. The van der Waals surface area contributed by atoms with Gasteiger partial charge < -0.3 is 9.47 Å². The second-order valence-electron chi connectivity index (χ2n) is 4.05. The highest BCUT2D eigenvalue weighted by Gasteiger charge is 2.27. The minimum Gasteiger partial charge on any atom is -0.497 e. The molecule has 0 saturated heterocycles. The smallest absolute Gasteiger partial charge is 0.200 e. The first kappa shape index (κ1) is 15.1. The van der Waals surface area contributed by atoms with Crippen LogP contribution in [-0.4, -0.2) is 14.2 Å².